The van der Waals surface area contributed by atoms with E-state index < -0.39 is 6.04 Å². The molecule has 0 radical (unpaired) electrons. The van der Waals surface area contributed by atoms with Crippen molar-refractivity contribution >= 4 is 28.7 Å². The van der Waals surface area contributed by atoms with E-state index in [9.17, 15) is 14.4 Å². The van der Waals surface area contributed by atoms with Crippen LogP contribution in [0.3, 0.4) is 0 Å². The van der Waals surface area contributed by atoms with Crippen LogP contribution in [0.4, 0.5) is 0 Å². The van der Waals surface area contributed by atoms with Crippen LogP contribution >= 0.6 is 0 Å². The zero-order valence-corrected chi connectivity index (χ0v) is 18.6. The van der Waals surface area contributed by atoms with Gasteiger partial charge in [0.05, 0.1) is 13.0 Å². The van der Waals surface area contributed by atoms with Gasteiger partial charge in [0.1, 0.15) is 11.7 Å². The molecule has 7 heteroatoms. The average Bonchev–Trinajstić information content (AvgIpc) is 3.13. The summed E-state index contributed by atoms with van der Waals surface area (Å²) in [6, 6.07) is 8.73. The molecule has 0 unspecified atom stereocenters. The van der Waals surface area contributed by atoms with Gasteiger partial charge < -0.3 is 19.9 Å². The van der Waals surface area contributed by atoms with Crippen LogP contribution in [0.1, 0.15) is 62.4 Å². The molecule has 168 valence electrons. The van der Waals surface area contributed by atoms with Crippen molar-refractivity contribution in [2.24, 2.45) is 13.0 Å². The highest BCUT2D eigenvalue weighted by atomic mass is 16.5. The zero-order valence-electron chi connectivity index (χ0n) is 18.6. The largest absolute Gasteiger partial charge is 0.469 e. The molecule has 1 aliphatic rings. The second-order valence-electron chi connectivity index (χ2n) is 8.34. The third-order valence-corrected chi connectivity index (χ3v) is 6.25. The smallest absolute Gasteiger partial charge is 0.310 e. The van der Waals surface area contributed by atoms with Gasteiger partial charge in [-0.1, -0.05) is 50.8 Å². The Morgan fingerprint density at radius 2 is 1.94 bits per heavy atom. The molecule has 1 saturated carbocycles. The van der Waals surface area contributed by atoms with Crippen molar-refractivity contribution in [3.05, 3.63) is 36.0 Å². The van der Waals surface area contributed by atoms with Crippen molar-refractivity contribution in [2.75, 3.05) is 7.11 Å². The number of fused-ring (bicyclic) bond motifs is 1. The lowest BCUT2D eigenvalue weighted by atomic mass is 9.84. The Morgan fingerprint density at radius 1 is 1.19 bits per heavy atom. The molecule has 0 saturated heterocycles. The predicted molar refractivity (Wildman–Crippen MR) is 120 cm³/mol. The van der Waals surface area contributed by atoms with Gasteiger partial charge in [0.2, 0.25) is 5.91 Å². The first-order chi connectivity index (χ1) is 15.0. The Balaban J connectivity index is 1.74. The van der Waals surface area contributed by atoms with Crippen molar-refractivity contribution in [2.45, 2.75) is 64.0 Å². The molecule has 7 nitrogen and oxygen atoms in total. The highest BCUT2D eigenvalue weighted by Crippen LogP contribution is 2.26. The minimum absolute atomic E-state index is 0.235. The molecule has 1 aromatic heterocycles. The lowest BCUT2D eigenvalue weighted by molar-refractivity contribution is -0.147. The second-order valence-corrected chi connectivity index (χ2v) is 8.34. The Kier molecular flexibility index (Phi) is 7.71. The van der Waals surface area contributed by atoms with E-state index in [1.807, 2.05) is 41.9 Å². The number of para-hydroxylation sites is 1. The number of benzene rings is 1. The summed E-state index contributed by atoms with van der Waals surface area (Å²) in [6.07, 6.45) is 5.64. The molecule has 1 aromatic carbocycles. The first-order valence-electron chi connectivity index (χ1n) is 11.2. The van der Waals surface area contributed by atoms with Crippen molar-refractivity contribution < 1.29 is 19.1 Å². The van der Waals surface area contributed by atoms with Gasteiger partial charge in [0.25, 0.3) is 5.91 Å². The van der Waals surface area contributed by atoms with Gasteiger partial charge in [-0.05, 0) is 31.4 Å². The number of carbonyl (C=O) groups excluding carboxylic acids is 3. The summed E-state index contributed by atoms with van der Waals surface area (Å²) in [5.74, 6) is -1.12. The summed E-state index contributed by atoms with van der Waals surface area (Å²) in [7, 11) is 3.23. The van der Waals surface area contributed by atoms with E-state index in [-0.39, 0.29) is 29.7 Å². The molecule has 1 fully saturated rings. The van der Waals surface area contributed by atoms with E-state index in [4.69, 9.17) is 4.74 Å². The van der Waals surface area contributed by atoms with Gasteiger partial charge in [-0.15, -0.1) is 0 Å². The first kappa shape index (κ1) is 22.8. The number of esters is 1. The highest BCUT2D eigenvalue weighted by molar-refractivity contribution is 6.00. The van der Waals surface area contributed by atoms with Crippen LogP contribution in [0.15, 0.2) is 30.3 Å². The number of nitrogens with one attached hydrogen (secondary N) is 2. The van der Waals surface area contributed by atoms with Crippen LogP contribution < -0.4 is 10.6 Å². The van der Waals surface area contributed by atoms with Crippen molar-refractivity contribution in [3.63, 3.8) is 0 Å². The molecule has 2 amide bonds. The Labute approximate surface area is 183 Å². The maximum absolute atomic E-state index is 13.1. The van der Waals surface area contributed by atoms with E-state index >= 15 is 0 Å². The Morgan fingerprint density at radius 3 is 2.65 bits per heavy atom. The molecule has 1 aliphatic carbocycles. The molecule has 0 aliphatic heterocycles. The van der Waals surface area contributed by atoms with Crippen LogP contribution in [-0.4, -0.2) is 41.5 Å². The number of aryl methyl sites for hydroxylation is 1. The number of nitrogens with zero attached hydrogens (tertiary/aromatic N) is 1. The lowest BCUT2D eigenvalue weighted by Gasteiger charge is -2.31. The normalized spacial score (nSPS) is 19.6. The van der Waals surface area contributed by atoms with Crippen LogP contribution in [0.2, 0.25) is 0 Å². The molecule has 0 bridgehead atoms. The molecular formula is C24H33N3O4. The number of hydrogen-bond acceptors (Lipinski definition) is 4. The van der Waals surface area contributed by atoms with Gasteiger partial charge in [-0.25, -0.2) is 0 Å². The quantitative estimate of drug-likeness (QED) is 0.633. The summed E-state index contributed by atoms with van der Waals surface area (Å²) < 4.78 is 6.77. The summed E-state index contributed by atoms with van der Waals surface area (Å²) >= 11 is 0. The summed E-state index contributed by atoms with van der Waals surface area (Å²) in [6.45, 7) is 2.05. The minimum Gasteiger partial charge on any atom is -0.469 e. The SMILES string of the molecule is CCCC[C@H](NC(=O)c1cc2ccccc2n1C)C(=O)N[C@H]1CCCC[C@H]1C(=O)OC. The maximum Gasteiger partial charge on any atom is 0.310 e. The monoisotopic (exact) mass is 427 g/mol. The zero-order chi connectivity index (χ0) is 22.4. The molecule has 1 heterocycles. The molecule has 0 spiro atoms. The predicted octanol–water partition coefficient (Wildman–Crippen LogP) is 3.31. The summed E-state index contributed by atoms with van der Waals surface area (Å²) in [5, 5.41) is 6.94. The molecule has 3 rings (SSSR count). The number of methoxy groups -OCH3 is 1. The van der Waals surface area contributed by atoms with E-state index in [1.54, 1.807) is 0 Å². The Bertz CT molecular complexity index is 936. The lowest BCUT2D eigenvalue weighted by Crippen LogP contribution is -2.53. The first-order valence-corrected chi connectivity index (χ1v) is 11.2. The molecule has 2 N–H and O–H groups in total. The molecular weight excluding hydrogens is 394 g/mol. The van der Waals surface area contributed by atoms with Crippen LogP contribution in [0.5, 0.6) is 0 Å². The minimum atomic E-state index is -0.648. The van der Waals surface area contributed by atoms with E-state index in [2.05, 4.69) is 17.6 Å². The van der Waals surface area contributed by atoms with Crippen LogP contribution in [-0.2, 0) is 21.4 Å². The van der Waals surface area contributed by atoms with Crippen molar-refractivity contribution in [1.82, 2.24) is 15.2 Å². The summed E-state index contributed by atoms with van der Waals surface area (Å²) in [4.78, 5) is 38.3. The number of aromatic nitrogens is 1. The van der Waals surface area contributed by atoms with E-state index in [1.165, 1.54) is 7.11 Å². The van der Waals surface area contributed by atoms with Gasteiger partial charge in [0.15, 0.2) is 0 Å². The van der Waals surface area contributed by atoms with Gasteiger partial charge in [-0.3, -0.25) is 14.4 Å². The number of amides is 2. The number of unbranched alkanes of at least 4 members (excludes halogenated alkanes) is 1. The third kappa shape index (κ3) is 5.27. The van der Waals surface area contributed by atoms with Gasteiger partial charge >= 0.3 is 5.97 Å². The highest BCUT2D eigenvalue weighted by Gasteiger charge is 2.34. The van der Waals surface area contributed by atoms with Crippen molar-refractivity contribution in [1.29, 1.82) is 0 Å². The topological polar surface area (TPSA) is 89.4 Å². The van der Waals surface area contributed by atoms with Crippen LogP contribution in [0, 0.1) is 5.92 Å². The molecule has 31 heavy (non-hydrogen) atoms. The molecule has 2 aromatic rings. The summed E-state index contributed by atoms with van der Waals surface area (Å²) in [5.41, 5.74) is 1.48. The fraction of sp³-hybridized carbons (Fsp3) is 0.542. The van der Waals surface area contributed by atoms with Gasteiger partial charge in [0, 0.05) is 24.0 Å². The molecule has 3 atom stereocenters. The van der Waals surface area contributed by atoms with E-state index in [0.29, 0.717) is 18.5 Å². The fourth-order valence-corrected chi connectivity index (χ4v) is 4.44. The standard InChI is InChI=1S/C24H33N3O4/c1-4-5-12-19(22(28)25-18-13-8-7-11-17(18)24(30)31-3)26-23(29)21-15-16-10-6-9-14-20(16)27(21)2/h6,9-10,14-15,17-19H,4-5,7-8,11-13H2,1-3H3,(H,25,28)(H,26,29)/t17-,18+,19+/m1/s1. The van der Waals surface area contributed by atoms with E-state index in [0.717, 1.165) is 43.0 Å². The maximum atomic E-state index is 13.1. The number of carbonyl (C=O) groups is 3. The Hall–Kier alpha value is -2.83. The van der Waals surface area contributed by atoms with Crippen LogP contribution in [0.25, 0.3) is 10.9 Å². The number of hydrogen-bond donors (Lipinski definition) is 2. The van der Waals surface area contributed by atoms with Gasteiger partial charge in [-0.2, -0.15) is 0 Å². The average molecular weight is 428 g/mol. The second kappa shape index (κ2) is 10.5. The third-order valence-electron chi connectivity index (χ3n) is 6.25. The van der Waals surface area contributed by atoms with Crippen molar-refractivity contribution in [3.8, 4) is 0 Å². The number of rotatable bonds is 8. The fourth-order valence-electron chi connectivity index (χ4n) is 4.44. The number of ether oxygens (including phenoxy) is 1.